The van der Waals surface area contributed by atoms with Gasteiger partial charge in [-0.3, -0.25) is 0 Å². The zero-order chi connectivity index (χ0) is 35.6. The Morgan fingerprint density at radius 3 is 0.958 bits per heavy atom. The monoisotopic (exact) mass is 640 g/mol. The van der Waals surface area contributed by atoms with Gasteiger partial charge in [-0.2, -0.15) is 0 Å². The molecule has 0 radical (unpaired) electrons. The Labute approximate surface area is 292 Å². The first-order chi connectivity index (χ1) is 21.8. The quantitative estimate of drug-likeness (QED) is 0.216. The molecule has 0 aromatic heterocycles. The molecule has 0 fully saturated rings. The van der Waals surface area contributed by atoms with Gasteiger partial charge >= 0.3 is 0 Å². The number of benzene rings is 4. The second-order valence-corrected chi connectivity index (χ2v) is 19.9. The Morgan fingerprint density at radius 2 is 0.667 bits per heavy atom. The highest BCUT2D eigenvalue weighted by Crippen LogP contribution is 2.56. The number of rotatable bonds is 1. The van der Waals surface area contributed by atoms with Crippen LogP contribution in [0.2, 0.25) is 0 Å². The Hall–Kier alpha value is -3.52. The van der Waals surface area contributed by atoms with Crippen molar-refractivity contribution < 1.29 is 0 Å². The van der Waals surface area contributed by atoms with Crippen LogP contribution in [-0.4, -0.2) is 0 Å². The minimum Gasteiger partial charge on any atom is -0.355 e. The van der Waals surface area contributed by atoms with Gasteiger partial charge in [-0.25, -0.2) is 0 Å². The first-order valence-corrected chi connectivity index (χ1v) is 18.0. The SMILES string of the molecule is CC(C)(C)c1ccc2c(c1)C(C)(C)c1cc(C(C)(C)C)cc(-c3cc(C(C)(C)C)cc4c3Nc3ccc(C(C)(C)C)cc3C4(C)C)c1N2. The van der Waals surface area contributed by atoms with E-state index in [1.807, 2.05) is 0 Å². The van der Waals surface area contributed by atoms with E-state index >= 15 is 0 Å². The molecule has 254 valence electrons. The highest BCUT2D eigenvalue weighted by molar-refractivity contribution is 5.97. The third-order valence-corrected chi connectivity index (χ3v) is 11.3. The molecule has 0 spiro atoms. The summed E-state index contributed by atoms with van der Waals surface area (Å²) < 4.78 is 0. The fourth-order valence-electron chi connectivity index (χ4n) is 7.66. The van der Waals surface area contributed by atoms with Gasteiger partial charge in [-0.05, 0) is 90.4 Å². The molecule has 2 nitrogen and oxygen atoms in total. The van der Waals surface area contributed by atoms with E-state index in [-0.39, 0.29) is 32.5 Å². The third-order valence-electron chi connectivity index (χ3n) is 11.3. The van der Waals surface area contributed by atoms with Crippen LogP contribution in [0.4, 0.5) is 22.7 Å². The summed E-state index contributed by atoms with van der Waals surface area (Å²) in [6.07, 6.45) is 0. The Bertz CT molecular complexity index is 1800. The maximum absolute atomic E-state index is 4.02. The van der Waals surface area contributed by atoms with Crippen molar-refractivity contribution in [1.29, 1.82) is 0 Å². The van der Waals surface area contributed by atoms with Gasteiger partial charge < -0.3 is 10.6 Å². The zero-order valence-electron chi connectivity index (χ0n) is 32.8. The minimum atomic E-state index is -0.183. The molecule has 0 saturated heterocycles. The van der Waals surface area contributed by atoms with Crippen LogP contribution in [0.15, 0.2) is 60.7 Å². The van der Waals surface area contributed by atoms with Crippen LogP contribution in [0.5, 0.6) is 0 Å². The predicted octanol–water partition coefficient (Wildman–Crippen LogP) is 13.3. The molecule has 2 heteroatoms. The molecule has 0 unspecified atom stereocenters. The highest BCUT2D eigenvalue weighted by Gasteiger charge is 2.40. The van der Waals surface area contributed by atoms with Crippen molar-refractivity contribution in [3.8, 4) is 11.1 Å². The maximum atomic E-state index is 4.02. The average molecular weight is 641 g/mol. The smallest absolute Gasteiger partial charge is 0.0506 e. The number of hydrogen-bond acceptors (Lipinski definition) is 2. The molecule has 6 rings (SSSR count). The summed E-state index contributed by atoms with van der Waals surface area (Å²) in [5, 5.41) is 8.04. The fourth-order valence-corrected chi connectivity index (χ4v) is 7.66. The van der Waals surface area contributed by atoms with Crippen LogP contribution in [0.25, 0.3) is 11.1 Å². The van der Waals surface area contributed by atoms with Crippen molar-refractivity contribution in [1.82, 2.24) is 0 Å². The fraction of sp³-hybridized carbons (Fsp3) is 0.478. The molecule has 0 atom stereocenters. The van der Waals surface area contributed by atoms with Gasteiger partial charge in [0.05, 0.1) is 11.4 Å². The summed E-state index contributed by atoms with van der Waals surface area (Å²) in [6, 6.07) is 24.1. The second-order valence-electron chi connectivity index (χ2n) is 19.9. The molecule has 0 bridgehead atoms. The van der Waals surface area contributed by atoms with Crippen molar-refractivity contribution in [3.63, 3.8) is 0 Å². The topological polar surface area (TPSA) is 24.1 Å². The molecule has 48 heavy (non-hydrogen) atoms. The summed E-state index contributed by atoms with van der Waals surface area (Å²) in [7, 11) is 0. The lowest BCUT2D eigenvalue weighted by Gasteiger charge is -2.41. The van der Waals surface area contributed by atoms with E-state index < -0.39 is 0 Å². The van der Waals surface area contributed by atoms with E-state index in [0.717, 1.165) is 0 Å². The second kappa shape index (κ2) is 10.5. The lowest BCUT2D eigenvalue weighted by Crippen LogP contribution is -2.30. The van der Waals surface area contributed by atoms with Crippen molar-refractivity contribution in [2.75, 3.05) is 10.6 Å². The summed E-state index contributed by atoms with van der Waals surface area (Å²) >= 11 is 0. The average Bonchev–Trinajstić information content (AvgIpc) is 2.94. The maximum Gasteiger partial charge on any atom is 0.0506 e. The van der Waals surface area contributed by atoms with Crippen LogP contribution in [-0.2, 0) is 32.5 Å². The van der Waals surface area contributed by atoms with Crippen LogP contribution < -0.4 is 10.6 Å². The van der Waals surface area contributed by atoms with Gasteiger partial charge in [0.2, 0.25) is 0 Å². The van der Waals surface area contributed by atoms with E-state index in [1.54, 1.807) is 0 Å². The minimum absolute atomic E-state index is 0.0161. The molecular formula is C46H60N2. The molecule has 0 aliphatic carbocycles. The van der Waals surface area contributed by atoms with Gasteiger partial charge in [-0.1, -0.05) is 147 Å². The van der Waals surface area contributed by atoms with E-state index in [4.69, 9.17) is 0 Å². The van der Waals surface area contributed by atoms with Gasteiger partial charge in [0.25, 0.3) is 0 Å². The number of hydrogen-bond donors (Lipinski definition) is 2. The Balaban J connectivity index is 1.67. The molecule has 4 aromatic carbocycles. The lowest BCUT2D eigenvalue weighted by molar-refractivity contribution is 0.573. The van der Waals surface area contributed by atoms with Crippen LogP contribution in [0.1, 0.15) is 155 Å². The molecule has 2 aliphatic rings. The summed E-state index contributed by atoms with van der Waals surface area (Å²) in [6.45, 7) is 37.6. The van der Waals surface area contributed by atoms with E-state index in [0.29, 0.717) is 0 Å². The van der Waals surface area contributed by atoms with Crippen LogP contribution in [0, 0.1) is 0 Å². The molecule has 2 N–H and O–H groups in total. The summed E-state index contributed by atoms with van der Waals surface area (Å²) in [5.74, 6) is 0. The van der Waals surface area contributed by atoms with Crippen molar-refractivity contribution in [2.45, 2.75) is 143 Å². The van der Waals surface area contributed by atoms with Crippen molar-refractivity contribution >= 4 is 22.7 Å². The van der Waals surface area contributed by atoms with E-state index in [9.17, 15) is 0 Å². The van der Waals surface area contributed by atoms with Gasteiger partial charge in [-0.15, -0.1) is 0 Å². The Morgan fingerprint density at radius 1 is 0.375 bits per heavy atom. The predicted molar refractivity (Wildman–Crippen MR) is 210 cm³/mol. The molecular weight excluding hydrogens is 581 g/mol. The van der Waals surface area contributed by atoms with Gasteiger partial charge in [0.15, 0.2) is 0 Å². The number of fused-ring (bicyclic) bond motifs is 4. The zero-order valence-corrected chi connectivity index (χ0v) is 32.8. The largest absolute Gasteiger partial charge is 0.355 e. The molecule has 2 heterocycles. The van der Waals surface area contributed by atoms with E-state index in [2.05, 4.69) is 182 Å². The van der Waals surface area contributed by atoms with Gasteiger partial charge in [0.1, 0.15) is 0 Å². The molecule has 0 amide bonds. The van der Waals surface area contributed by atoms with E-state index in [1.165, 1.54) is 78.4 Å². The van der Waals surface area contributed by atoms with Crippen LogP contribution in [0.3, 0.4) is 0 Å². The number of nitrogens with one attached hydrogen (secondary N) is 2. The molecule has 2 aliphatic heterocycles. The highest BCUT2D eigenvalue weighted by atomic mass is 14.9. The lowest BCUT2D eigenvalue weighted by atomic mass is 9.68. The number of anilines is 4. The standard InChI is InChI=1S/C46H60N2/c1-41(2,3)27-17-19-37-33(23-27)45(13,14)35-25-29(43(7,8)9)21-31(39(35)47-37)32-22-30(44(10,11)12)26-36-40(32)48-38-20-18-28(42(4,5)6)24-34(38)46(36,15)16/h17-26,47-48H,1-16H3. The normalized spacial score (nSPS) is 16.6. The third kappa shape index (κ3) is 5.58. The summed E-state index contributed by atoms with van der Waals surface area (Å²) in [4.78, 5) is 0. The summed E-state index contributed by atoms with van der Waals surface area (Å²) in [5.41, 5.74) is 18.1. The first-order valence-electron chi connectivity index (χ1n) is 18.0. The van der Waals surface area contributed by atoms with Crippen LogP contribution >= 0.6 is 0 Å². The molecule has 4 aromatic rings. The van der Waals surface area contributed by atoms with Crippen molar-refractivity contribution in [3.05, 3.63) is 105 Å². The van der Waals surface area contributed by atoms with Crippen molar-refractivity contribution in [2.24, 2.45) is 0 Å². The van der Waals surface area contributed by atoms with Gasteiger partial charge in [0, 0.05) is 33.3 Å². The first kappa shape index (κ1) is 34.3. The Kier molecular flexibility index (Phi) is 7.51. The molecule has 0 saturated carbocycles.